The van der Waals surface area contributed by atoms with E-state index in [-0.39, 0.29) is 27.6 Å². The zero-order valence-electron chi connectivity index (χ0n) is 21.1. The van der Waals surface area contributed by atoms with Crippen LogP contribution in [0.5, 0.6) is 5.75 Å². The number of nitrogen functional groups attached to an aromatic ring is 1. The highest BCUT2D eigenvalue weighted by Gasteiger charge is 2.31. The van der Waals surface area contributed by atoms with E-state index in [1.54, 1.807) is 36.4 Å². The molecule has 2 aromatic carbocycles. The normalized spacial score (nSPS) is 11.5. The summed E-state index contributed by atoms with van der Waals surface area (Å²) in [7, 11) is -2.83. The summed E-state index contributed by atoms with van der Waals surface area (Å²) in [5.74, 6) is -1.37. The van der Waals surface area contributed by atoms with Gasteiger partial charge in [-0.25, -0.2) is 13.2 Å². The van der Waals surface area contributed by atoms with Crippen molar-refractivity contribution in [3.63, 3.8) is 0 Å². The lowest BCUT2D eigenvalue weighted by atomic mass is 9.96. The van der Waals surface area contributed by atoms with Gasteiger partial charge in [0.2, 0.25) is 15.7 Å². The quantitative estimate of drug-likeness (QED) is 0.318. The molecule has 1 amide bonds. The Morgan fingerprint density at radius 3 is 2.24 bits per heavy atom. The number of likely N-dealkylation sites (N-methyl/N-ethyl adjacent to an activating group) is 1. The summed E-state index contributed by atoms with van der Waals surface area (Å²) in [5.41, 5.74) is 7.37. The van der Waals surface area contributed by atoms with Crippen LogP contribution in [0.1, 0.15) is 39.5 Å². The van der Waals surface area contributed by atoms with Gasteiger partial charge in [0.25, 0.3) is 0 Å². The highest BCUT2D eigenvalue weighted by Crippen LogP contribution is 2.37. The van der Waals surface area contributed by atoms with Crippen LogP contribution in [0, 0.1) is 13.8 Å². The minimum atomic E-state index is -4.28. The summed E-state index contributed by atoms with van der Waals surface area (Å²) in [4.78, 5) is 30.4. The second kappa shape index (κ2) is 11.3. The van der Waals surface area contributed by atoms with E-state index >= 15 is 0 Å². The molecule has 0 spiro atoms. The van der Waals surface area contributed by atoms with E-state index in [4.69, 9.17) is 10.5 Å². The van der Waals surface area contributed by atoms with Crippen molar-refractivity contribution < 1.29 is 27.9 Å². The number of pyridine rings is 1. The number of carboxylic acids is 1. The van der Waals surface area contributed by atoms with E-state index in [0.29, 0.717) is 24.4 Å². The maximum Gasteiger partial charge on any atom is 0.337 e. The molecule has 0 bridgehead atoms. The number of aromatic carboxylic acids is 1. The van der Waals surface area contributed by atoms with E-state index in [1.165, 1.54) is 50.5 Å². The van der Waals surface area contributed by atoms with Crippen LogP contribution < -0.4 is 10.5 Å². The molecule has 0 radical (unpaired) electrons. The van der Waals surface area contributed by atoms with Crippen LogP contribution >= 0.6 is 0 Å². The van der Waals surface area contributed by atoms with Gasteiger partial charge in [0.05, 0.1) is 22.5 Å². The summed E-state index contributed by atoms with van der Waals surface area (Å²) in [6.07, 6.45) is 5.81. The number of methoxy groups -OCH3 is 1. The summed E-state index contributed by atoms with van der Waals surface area (Å²) in [6.45, 7) is 5.63. The highest BCUT2D eigenvalue weighted by atomic mass is 32.2. The minimum Gasteiger partial charge on any atom is -0.497 e. The van der Waals surface area contributed by atoms with Gasteiger partial charge in [0.15, 0.2) is 0 Å². The topological polar surface area (TPSA) is 140 Å². The van der Waals surface area contributed by atoms with Crippen molar-refractivity contribution in [3.05, 3.63) is 82.7 Å². The minimum absolute atomic E-state index is 0.0519. The Morgan fingerprint density at radius 1 is 1.08 bits per heavy atom. The summed E-state index contributed by atoms with van der Waals surface area (Å²) < 4.78 is 32.3. The summed E-state index contributed by atoms with van der Waals surface area (Å²) in [6, 6.07) is 9.22. The van der Waals surface area contributed by atoms with Crippen molar-refractivity contribution in [2.45, 2.75) is 37.1 Å². The molecule has 10 heteroatoms. The Hall–Kier alpha value is -4.18. The van der Waals surface area contributed by atoms with Crippen molar-refractivity contribution in [2.24, 2.45) is 0 Å². The van der Waals surface area contributed by atoms with Crippen molar-refractivity contribution in [1.82, 2.24) is 9.88 Å². The highest BCUT2D eigenvalue weighted by molar-refractivity contribution is 7.91. The van der Waals surface area contributed by atoms with Crippen LogP contribution in [0.4, 0.5) is 5.69 Å². The first-order valence-electron chi connectivity index (χ1n) is 11.4. The molecule has 0 fully saturated rings. The van der Waals surface area contributed by atoms with Gasteiger partial charge in [0.1, 0.15) is 5.75 Å². The van der Waals surface area contributed by atoms with E-state index in [0.717, 1.165) is 5.56 Å². The Balaban J connectivity index is 2.13. The number of hydrogen-bond donors (Lipinski definition) is 2. The van der Waals surface area contributed by atoms with Gasteiger partial charge in [-0.15, -0.1) is 0 Å². The number of rotatable bonds is 9. The standard InChI is InChI=1S/C27H29N3O6S/c1-5-30(16-19-12-14-29-15-13-19)23(31)11-10-22-17(2)25(28)18(3)26(24(22)27(32)33)37(34,35)21-8-6-20(36-4)7-9-21/h6-15H,5,16,28H2,1-4H3,(H,32,33). The first-order valence-corrected chi connectivity index (χ1v) is 12.9. The summed E-state index contributed by atoms with van der Waals surface area (Å²) in [5, 5.41) is 10.1. The molecule has 37 heavy (non-hydrogen) atoms. The lowest BCUT2D eigenvalue weighted by molar-refractivity contribution is -0.126. The maximum atomic E-state index is 13.6. The molecule has 0 atom stereocenters. The maximum absolute atomic E-state index is 13.6. The van der Waals surface area contributed by atoms with Gasteiger partial charge >= 0.3 is 5.97 Å². The SMILES string of the molecule is CCN(Cc1ccncc1)C(=O)C=Cc1c(C)c(N)c(C)c(S(=O)(=O)c2ccc(OC)cc2)c1C(=O)O. The second-order valence-corrected chi connectivity index (χ2v) is 10.2. The number of amides is 1. The van der Waals surface area contributed by atoms with Crippen LogP contribution in [-0.2, 0) is 21.2 Å². The zero-order valence-corrected chi connectivity index (χ0v) is 21.9. The number of benzene rings is 2. The van der Waals surface area contributed by atoms with E-state index < -0.39 is 26.3 Å². The molecule has 194 valence electrons. The van der Waals surface area contributed by atoms with Crippen LogP contribution in [-0.4, -0.2) is 48.9 Å². The van der Waals surface area contributed by atoms with Gasteiger partial charge in [-0.05, 0) is 85.5 Å². The third-order valence-corrected chi connectivity index (χ3v) is 8.05. The van der Waals surface area contributed by atoms with Crippen LogP contribution in [0.25, 0.3) is 6.08 Å². The smallest absolute Gasteiger partial charge is 0.337 e. The average Bonchev–Trinajstić information content (AvgIpc) is 2.89. The molecule has 3 N–H and O–H groups in total. The molecule has 3 aromatic rings. The molecular formula is C27H29N3O6S. The van der Waals surface area contributed by atoms with Crippen molar-refractivity contribution >= 4 is 33.5 Å². The molecule has 3 rings (SSSR count). The van der Waals surface area contributed by atoms with Crippen molar-refractivity contribution in [2.75, 3.05) is 19.4 Å². The Bertz CT molecular complexity index is 1450. The number of sulfone groups is 1. The fraction of sp³-hybridized carbons (Fsp3) is 0.222. The van der Waals surface area contributed by atoms with Gasteiger partial charge in [-0.2, -0.15) is 0 Å². The molecule has 0 saturated carbocycles. The summed E-state index contributed by atoms with van der Waals surface area (Å²) >= 11 is 0. The number of ether oxygens (including phenoxy) is 1. The first-order chi connectivity index (χ1) is 17.5. The number of nitrogens with zero attached hydrogens (tertiary/aromatic N) is 2. The van der Waals surface area contributed by atoms with Gasteiger partial charge in [-0.1, -0.05) is 0 Å². The molecule has 1 aromatic heterocycles. The number of carboxylic acid groups (broad SMARTS) is 1. The van der Waals surface area contributed by atoms with Crippen molar-refractivity contribution in [1.29, 1.82) is 0 Å². The Kier molecular flexibility index (Phi) is 8.34. The Labute approximate surface area is 216 Å². The van der Waals surface area contributed by atoms with Crippen LogP contribution in [0.15, 0.2) is 64.7 Å². The number of hydrogen-bond acceptors (Lipinski definition) is 7. The van der Waals surface area contributed by atoms with E-state index in [2.05, 4.69) is 4.98 Å². The number of aromatic nitrogens is 1. The number of carbonyl (C=O) groups is 2. The van der Waals surface area contributed by atoms with Crippen molar-refractivity contribution in [3.8, 4) is 5.75 Å². The molecule has 0 aliphatic heterocycles. The zero-order chi connectivity index (χ0) is 27.3. The number of anilines is 1. The molecule has 1 heterocycles. The molecule has 9 nitrogen and oxygen atoms in total. The van der Waals surface area contributed by atoms with Gasteiger partial charge in [-0.3, -0.25) is 9.78 Å². The van der Waals surface area contributed by atoms with Gasteiger partial charge < -0.3 is 20.5 Å². The van der Waals surface area contributed by atoms with E-state index in [9.17, 15) is 23.1 Å². The first kappa shape index (κ1) is 27.4. The third-order valence-electron chi connectivity index (χ3n) is 6.11. The lowest BCUT2D eigenvalue weighted by Crippen LogP contribution is -2.28. The number of nitrogens with two attached hydrogens (primary N) is 1. The molecule has 0 aliphatic rings. The van der Waals surface area contributed by atoms with Crippen LogP contribution in [0.3, 0.4) is 0 Å². The predicted molar refractivity (Wildman–Crippen MR) is 140 cm³/mol. The fourth-order valence-electron chi connectivity index (χ4n) is 3.99. The third kappa shape index (κ3) is 5.64. The monoisotopic (exact) mass is 523 g/mol. The second-order valence-electron chi connectivity index (χ2n) is 8.31. The predicted octanol–water partition coefficient (Wildman–Crippen LogP) is 3.88. The largest absolute Gasteiger partial charge is 0.497 e. The lowest BCUT2D eigenvalue weighted by Gasteiger charge is -2.20. The fourth-order valence-corrected chi connectivity index (χ4v) is 5.70. The van der Waals surface area contributed by atoms with Crippen LogP contribution in [0.2, 0.25) is 0 Å². The Morgan fingerprint density at radius 2 is 1.70 bits per heavy atom. The number of carbonyl (C=O) groups excluding carboxylic acids is 1. The van der Waals surface area contributed by atoms with E-state index in [1.807, 2.05) is 6.92 Å². The molecular weight excluding hydrogens is 494 g/mol. The van der Waals surface area contributed by atoms with Gasteiger partial charge in [0, 0.05) is 37.2 Å². The molecule has 0 unspecified atom stereocenters. The molecule has 0 saturated heterocycles. The molecule has 0 aliphatic carbocycles. The average molecular weight is 524 g/mol.